The van der Waals surface area contributed by atoms with Gasteiger partial charge < -0.3 is 14.6 Å². The Morgan fingerprint density at radius 1 is 1.00 bits per heavy atom. The Morgan fingerprint density at radius 3 is 2.47 bits per heavy atom. The molecule has 2 aromatic carbocycles. The summed E-state index contributed by atoms with van der Waals surface area (Å²) in [5.41, 5.74) is 1.80. The summed E-state index contributed by atoms with van der Waals surface area (Å²) in [6.45, 7) is 1.81. The Bertz CT molecular complexity index is 953. The van der Waals surface area contributed by atoms with Gasteiger partial charge in [0.1, 0.15) is 11.9 Å². The van der Waals surface area contributed by atoms with Gasteiger partial charge in [-0.3, -0.25) is 4.79 Å². The minimum absolute atomic E-state index is 0.151. The lowest BCUT2D eigenvalue weighted by atomic mass is 10.1. The largest absolute Gasteiger partial charge is 0.406 e. The van der Waals surface area contributed by atoms with Crippen LogP contribution in [0.2, 0.25) is 0 Å². The standard InChI is InChI=1S/C23H25FN4O2/c24-19-11-9-18(10-12-19)16-21(29)25-20(15-17-7-3-1-4-8-17)22-26-27-23(30-22)28-13-5-2-6-14-28/h1,3-4,7-12,20H,2,5-6,13-16H2,(H,25,29)/t20-/m1/s1. The average Bonchev–Trinajstić information content (AvgIpc) is 3.27. The molecule has 156 valence electrons. The first kappa shape index (κ1) is 20.1. The Balaban J connectivity index is 1.49. The first-order valence-corrected chi connectivity index (χ1v) is 10.3. The highest BCUT2D eigenvalue weighted by molar-refractivity contribution is 5.78. The zero-order valence-corrected chi connectivity index (χ0v) is 16.8. The van der Waals surface area contributed by atoms with Crippen molar-refractivity contribution >= 4 is 11.9 Å². The van der Waals surface area contributed by atoms with E-state index in [1.54, 1.807) is 12.1 Å². The minimum atomic E-state index is -0.439. The molecular weight excluding hydrogens is 383 g/mol. The van der Waals surface area contributed by atoms with Crippen LogP contribution in [-0.4, -0.2) is 29.2 Å². The third kappa shape index (κ3) is 5.23. The second kappa shape index (κ2) is 9.52. The molecule has 0 spiro atoms. The van der Waals surface area contributed by atoms with Crippen LogP contribution >= 0.6 is 0 Å². The van der Waals surface area contributed by atoms with Gasteiger partial charge in [-0.05, 0) is 42.5 Å². The van der Waals surface area contributed by atoms with E-state index in [4.69, 9.17) is 4.42 Å². The van der Waals surface area contributed by atoms with E-state index in [2.05, 4.69) is 20.4 Å². The van der Waals surface area contributed by atoms with Crippen molar-refractivity contribution in [3.63, 3.8) is 0 Å². The van der Waals surface area contributed by atoms with Gasteiger partial charge in [-0.15, -0.1) is 5.10 Å². The molecule has 1 aromatic heterocycles. The Morgan fingerprint density at radius 2 is 1.73 bits per heavy atom. The monoisotopic (exact) mass is 408 g/mol. The lowest BCUT2D eigenvalue weighted by Gasteiger charge is -2.24. The number of carbonyl (C=O) groups is 1. The second-order valence-electron chi connectivity index (χ2n) is 7.58. The highest BCUT2D eigenvalue weighted by Gasteiger charge is 2.24. The molecule has 30 heavy (non-hydrogen) atoms. The molecule has 1 saturated heterocycles. The smallest absolute Gasteiger partial charge is 0.318 e. The van der Waals surface area contributed by atoms with Crippen LogP contribution < -0.4 is 10.2 Å². The predicted molar refractivity (Wildman–Crippen MR) is 111 cm³/mol. The van der Waals surface area contributed by atoms with E-state index in [9.17, 15) is 9.18 Å². The van der Waals surface area contributed by atoms with E-state index >= 15 is 0 Å². The minimum Gasteiger partial charge on any atom is -0.406 e. The Kier molecular flexibility index (Phi) is 6.37. The summed E-state index contributed by atoms with van der Waals surface area (Å²) in [4.78, 5) is 14.8. The van der Waals surface area contributed by atoms with Crippen molar-refractivity contribution < 1.29 is 13.6 Å². The molecule has 1 aliphatic heterocycles. The number of piperidine rings is 1. The topological polar surface area (TPSA) is 71.3 Å². The van der Waals surface area contributed by atoms with E-state index in [1.165, 1.54) is 18.6 Å². The van der Waals surface area contributed by atoms with Crippen LogP contribution in [0.1, 0.15) is 42.3 Å². The first-order chi connectivity index (χ1) is 14.7. The molecule has 2 heterocycles. The summed E-state index contributed by atoms with van der Waals surface area (Å²) >= 11 is 0. The fraction of sp³-hybridized carbons (Fsp3) is 0.348. The Hall–Kier alpha value is -3.22. The molecule has 1 aliphatic rings. The number of rotatable bonds is 7. The van der Waals surface area contributed by atoms with Crippen molar-refractivity contribution in [2.75, 3.05) is 18.0 Å². The molecule has 1 atom stereocenters. The van der Waals surface area contributed by atoms with Crippen molar-refractivity contribution in [3.8, 4) is 0 Å². The van der Waals surface area contributed by atoms with Gasteiger partial charge in [-0.1, -0.05) is 47.6 Å². The normalized spacial score (nSPS) is 15.0. The summed E-state index contributed by atoms with van der Waals surface area (Å²) in [6.07, 6.45) is 4.13. The zero-order valence-electron chi connectivity index (χ0n) is 16.8. The molecule has 3 aromatic rings. The van der Waals surface area contributed by atoms with Gasteiger partial charge in [0.2, 0.25) is 11.8 Å². The number of halogens is 1. The molecule has 6 nitrogen and oxygen atoms in total. The van der Waals surface area contributed by atoms with Gasteiger partial charge in [0.05, 0.1) is 6.42 Å². The van der Waals surface area contributed by atoms with E-state index in [1.807, 2.05) is 30.3 Å². The van der Waals surface area contributed by atoms with Crippen LogP contribution in [0.5, 0.6) is 0 Å². The highest BCUT2D eigenvalue weighted by Crippen LogP contribution is 2.23. The van der Waals surface area contributed by atoms with E-state index in [0.717, 1.165) is 37.1 Å². The van der Waals surface area contributed by atoms with Gasteiger partial charge in [0, 0.05) is 19.5 Å². The number of amides is 1. The highest BCUT2D eigenvalue weighted by atomic mass is 19.1. The molecule has 1 fully saturated rings. The quantitative estimate of drug-likeness (QED) is 0.643. The van der Waals surface area contributed by atoms with E-state index in [-0.39, 0.29) is 18.1 Å². The van der Waals surface area contributed by atoms with Crippen molar-refractivity contribution in [3.05, 3.63) is 77.4 Å². The van der Waals surface area contributed by atoms with Crippen molar-refractivity contribution in [2.45, 2.75) is 38.1 Å². The molecule has 7 heteroatoms. The molecular formula is C23H25FN4O2. The van der Waals surface area contributed by atoms with Crippen LogP contribution in [0.15, 0.2) is 59.0 Å². The van der Waals surface area contributed by atoms with Gasteiger partial charge in [0.25, 0.3) is 0 Å². The van der Waals surface area contributed by atoms with Gasteiger partial charge in [-0.25, -0.2) is 4.39 Å². The predicted octanol–water partition coefficient (Wildman–Crippen LogP) is 3.84. The fourth-order valence-corrected chi connectivity index (χ4v) is 3.66. The van der Waals surface area contributed by atoms with Crippen LogP contribution in [-0.2, 0) is 17.6 Å². The first-order valence-electron chi connectivity index (χ1n) is 10.3. The zero-order chi connectivity index (χ0) is 20.8. The molecule has 0 radical (unpaired) electrons. The lowest BCUT2D eigenvalue weighted by Crippen LogP contribution is -2.31. The van der Waals surface area contributed by atoms with Gasteiger partial charge >= 0.3 is 6.01 Å². The summed E-state index contributed by atoms with van der Waals surface area (Å²) in [7, 11) is 0. The number of hydrogen-bond donors (Lipinski definition) is 1. The number of aromatic nitrogens is 2. The summed E-state index contributed by atoms with van der Waals surface area (Å²) < 4.78 is 19.1. The second-order valence-corrected chi connectivity index (χ2v) is 7.58. The van der Waals surface area contributed by atoms with E-state index < -0.39 is 6.04 Å². The van der Waals surface area contributed by atoms with Crippen LogP contribution in [0, 0.1) is 5.82 Å². The number of nitrogens with zero attached hydrogens (tertiary/aromatic N) is 3. The van der Waals surface area contributed by atoms with Gasteiger partial charge in [-0.2, -0.15) is 0 Å². The SMILES string of the molecule is O=C(Cc1ccc(F)cc1)N[C@H](Cc1ccccc1)c1nnc(N2CCCCC2)o1. The molecule has 1 N–H and O–H groups in total. The molecule has 4 rings (SSSR count). The summed E-state index contributed by atoms with van der Waals surface area (Å²) in [6, 6.07) is 15.9. The van der Waals surface area contributed by atoms with Crippen molar-refractivity contribution in [1.82, 2.24) is 15.5 Å². The number of carbonyl (C=O) groups excluding carboxylic acids is 1. The number of benzene rings is 2. The summed E-state index contributed by atoms with van der Waals surface area (Å²) in [5.74, 6) is -0.107. The van der Waals surface area contributed by atoms with Crippen LogP contribution in [0.25, 0.3) is 0 Å². The third-order valence-electron chi connectivity index (χ3n) is 5.25. The Labute approximate surface area is 175 Å². The fourth-order valence-electron chi connectivity index (χ4n) is 3.66. The molecule has 0 aliphatic carbocycles. The van der Waals surface area contributed by atoms with Crippen LogP contribution in [0.3, 0.4) is 0 Å². The van der Waals surface area contributed by atoms with E-state index in [0.29, 0.717) is 18.3 Å². The maximum Gasteiger partial charge on any atom is 0.318 e. The maximum absolute atomic E-state index is 13.1. The molecule has 0 unspecified atom stereocenters. The lowest BCUT2D eigenvalue weighted by molar-refractivity contribution is -0.121. The van der Waals surface area contributed by atoms with Crippen LogP contribution in [0.4, 0.5) is 10.4 Å². The van der Waals surface area contributed by atoms with Crippen molar-refractivity contribution in [2.24, 2.45) is 0 Å². The average molecular weight is 408 g/mol. The number of nitrogens with one attached hydrogen (secondary N) is 1. The molecule has 1 amide bonds. The molecule has 0 bridgehead atoms. The summed E-state index contributed by atoms with van der Waals surface area (Å²) in [5, 5.41) is 11.5. The van der Waals surface area contributed by atoms with Gasteiger partial charge in [0.15, 0.2) is 0 Å². The molecule has 0 saturated carbocycles. The number of anilines is 1. The third-order valence-corrected chi connectivity index (χ3v) is 5.25. The van der Waals surface area contributed by atoms with Crippen molar-refractivity contribution in [1.29, 1.82) is 0 Å². The maximum atomic E-state index is 13.1. The number of hydrogen-bond acceptors (Lipinski definition) is 5.